The maximum atomic E-state index is 12.2. The van der Waals surface area contributed by atoms with Gasteiger partial charge in [0.1, 0.15) is 5.75 Å². The highest BCUT2D eigenvalue weighted by atomic mass is 19.1. The third-order valence-corrected chi connectivity index (χ3v) is 2.48. The first kappa shape index (κ1) is 11.6. The van der Waals surface area contributed by atoms with Crippen LogP contribution in [0.2, 0.25) is 0 Å². The quantitative estimate of drug-likeness (QED) is 0.818. The zero-order valence-corrected chi connectivity index (χ0v) is 9.80. The van der Waals surface area contributed by atoms with Gasteiger partial charge in [-0.2, -0.15) is 15.0 Å². The van der Waals surface area contributed by atoms with Crippen LogP contribution in [0.3, 0.4) is 0 Å². The molecule has 0 fully saturated rings. The van der Waals surface area contributed by atoms with Crippen LogP contribution in [-0.4, -0.2) is 21.9 Å². The summed E-state index contributed by atoms with van der Waals surface area (Å²) in [6, 6.07) is 5.41. The highest BCUT2D eigenvalue weighted by Crippen LogP contribution is 2.26. The lowest BCUT2D eigenvalue weighted by molar-refractivity contribution is 0.191. The molecular weight excluding hydrogens is 221 g/mol. The van der Waals surface area contributed by atoms with Crippen molar-refractivity contribution in [1.29, 1.82) is 0 Å². The molecule has 2 rings (SSSR count). The summed E-state index contributed by atoms with van der Waals surface area (Å²) in [4.78, 5) is 1.51. The van der Waals surface area contributed by atoms with Gasteiger partial charge < -0.3 is 4.74 Å². The van der Waals surface area contributed by atoms with Crippen molar-refractivity contribution in [2.75, 3.05) is 6.86 Å². The summed E-state index contributed by atoms with van der Waals surface area (Å²) in [7, 11) is 0. The first-order valence-electron chi connectivity index (χ1n) is 5.41. The van der Waals surface area contributed by atoms with Crippen molar-refractivity contribution in [2.24, 2.45) is 0 Å². The normalized spacial score (nSPS) is 10.8. The second-order valence-corrected chi connectivity index (χ2v) is 3.95. The van der Waals surface area contributed by atoms with Crippen LogP contribution in [0.4, 0.5) is 4.39 Å². The molecule has 0 bridgehead atoms. The largest absolute Gasteiger partial charge is 0.463 e. The Labute approximate surface area is 99.0 Å². The number of hydrogen-bond acceptors (Lipinski definition) is 3. The Hall–Kier alpha value is -1.91. The van der Waals surface area contributed by atoms with Crippen molar-refractivity contribution in [2.45, 2.75) is 19.8 Å². The number of hydrogen-bond donors (Lipinski definition) is 0. The minimum atomic E-state index is -0.840. The van der Waals surface area contributed by atoms with E-state index in [0.29, 0.717) is 11.7 Å². The molecule has 0 N–H and O–H groups in total. The van der Waals surface area contributed by atoms with Crippen molar-refractivity contribution in [3.63, 3.8) is 0 Å². The van der Waals surface area contributed by atoms with Gasteiger partial charge in [-0.25, -0.2) is 4.39 Å². The average Bonchev–Trinajstić information content (AvgIpc) is 2.82. The maximum absolute atomic E-state index is 12.2. The van der Waals surface area contributed by atoms with Crippen LogP contribution in [0.5, 0.6) is 5.75 Å². The molecule has 0 aliphatic carbocycles. The highest BCUT2D eigenvalue weighted by Gasteiger charge is 2.11. The van der Waals surface area contributed by atoms with Gasteiger partial charge in [-0.15, -0.1) is 0 Å². The summed E-state index contributed by atoms with van der Waals surface area (Å²) in [5, 5.41) is 8.17. The lowest BCUT2D eigenvalue weighted by atomic mass is 10.0. The second-order valence-electron chi connectivity index (χ2n) is 3.95. The molecule has 0 saturated carbocycles. The first-order chi connectivity index (χ1) is 8.22. The number of benzene rings is 1. The van der Waals surface area contributed by atoms with Crippen LogP contribution in [0, 0.1) is 0 Å². The van der Waals surface area contributed by atoms with Gasteiger partial charge in [0, 0.05) is 6.07 Å². The van der Waals surface area contributed by atoms with Crippen molar-refractivity contribution in [3.8, 4) is 11.4 Å². The minimum absolute atomic E-state index is 0.329. The molecule has 0 unspecified atom stereocenters. The van der Waals surface area contributed by atoms with Crippen molar-refractivity contribution in [3.05, 3.63) is 36.2 Å². The molecule has 0 aliphatic heterocycles. The van der Waals surface area contributed by atoms with Gasteiger partial charge in [0.15, 0.2) is 0 Å². The van der Waals surface area contributed by atoms with Crippen LogP contribution < -0.4 is 4.74 Å². The van der Waals surface area contributed by atoms with E-state index in [1.807, 2.05) is 6.07 Å². The van der Waals surface area contributed by atoms with Crippen LogP contribution >= 0.6 is 0 Å². The van der Waals surface area contributed by atoms with Gasteiger partial charge in [-0.05, 0) is 17.5 Å². The Morgan fingerprint density at radius 3 is 2.59 bits per heavy atom. The molecule has 1 heterocycles. The monoisotopic (exact) mass is 235 g/mol. The van der Waals surface area contributed by atoms with E-state index in [0.717, 1.165) is 11.3 Å². The molecule has 0 saturated heterocycles. The summed E-state index contributed by atoms with van der Waals surface area (Å²) in [6.07, 6.45) is 3.21. The summed E-state index contributed by atoms with van der Waals surface area (Å²) in [6.45, 7) is 3.32. The number of halogens is 1. The molecule has 0 amide bonds. The Kier molecular flexibility index (Phi) is 3.37. The summed E-state index contributed by atoms with van der Waals surface area (Å²) in [5.74, 6) is 0.805. The van der Waals surface area contributed by atoms with Gasteiger partial charge in [0.2, 0.25) is 6.86 Å². The molecule has 1 aromatic heterocycles. The Bertz CT molecular complexity index is 483. The fourth-order valence-electron chi connectivity index (χ4n) is 1.68. The molecule has 5 heteroatoms. The molecule has 0 spiro atoms. The summed E-state index contributed by atoms with van der Waals surface area (Å²) in [5.41, 5.74) is 1.91. The van der Waals surface area contributed by atoms with Gasteiger partial charge in [0.05, 0.1) is 18.1 Å². The lowest BCUT2D eigenvalue weighted by Crippen LogP contribution is -2.05. The number of ether oxygens (including phenoxy) is 1. The van der Waals surface area contributed by atoms with E-state index in [-0.39, 0.29) is 0 Å². The fraction of sp³-hybridized carbons (Fsp3) is 0.333. The summed E-state index contributed by atoms with van der Waals surface area (Å²) >= 11 is 0. The van der Waals surface area contributed by atoms with E-state index < -0.39 is 6.86 Å². The second kappa shape index (κ2) is 4.95. The van der Waals surface area contributed by atoms with Crippen LogP contribution in [0.1, 0.15) is 25.3 Å². The lowest BCUT2D eigenvalue weighted by Gasteiger charge is -2.13. The third kappa shape index (κ3) is 2.43. The van der Waals surface area contributed by atoms with E-state index in [4.69, 9.17) is 4.74 Å². The van der Waals surface area contributed by atoms with Gasteiger partial charge in [-0.1, -0.05) is 19.9 Å². The number of aromatic nitrogens is 3. The van der Waals surface area contributed by atoms with Crippen molar-refractivity contribution < 1.29 is 9.13 Å². The van der Waals surface area contributed by atoms with Gasteiger partial charge in [-0.3, -0.25) is 0 Å². The predicted octanol–water partition coefficient (Wildman–Crippen LogP) is 2.70. The van der Waals surface area contributed by atoms with Gasteiger partial charge >= 0.3 is 0 Å². The van der Waals surface area contributed by atoms with E-state index >= 15 is 0 Å². The molecule has 0 aliphatic rings. The SMILES string of the molecule is CC(C)c1ccc(OCF)cc1-n1nccn1. The number of rotatable bonds is 4. The van der Waals surface area contributed by atoms with Gasteiger partial charge in [0.25, 0.3) is 0 Å². The molecule has 4 nitrogen and oxygen atoms in total. The van der Waals surface area contributed by atoms with E-state index in [1.54, 1.807) is 24.5 Å². The Morgan fingerprint density at radius 1 is 1.29 bits per heavy atom. The predicted molar refractivity (Wildman–Crippen MR) is 62.1 cm³/mol. The molecule has 2 aromatic rings. The highest BCUT2D eigenvalue weighted by molar-refractivity contribution is 5.46. The molecule has 90 valence electrons. The smallest absolute Gasteiger partial charge is 0.228 e. The Balaban J connectivity index is 2.48. The zero-order chi connectivity index (χ0) is 12.3. The van der Waals surface area contributed by atoms with Crippen LogP contribution in [0.25, 0.3) is 5.69 Å². The topological polar surface area (TPSA) is 39.9 Å². The Morgan fingerprint density at radius 2 is 2.00 bits per heavy atom. The zero-order valence-electron chi connectivity index (χ0n) is 9.80. The maximum Gasteiger partial charge on any atom is 0.228 e. The average molecular weight is 235 g/mol. The standard InChI is InChI=1S/C12H14FN3O/c1-9(2)11-4-3-10(17-8-13)7-12(11)16-14-5-6-15-16/h3-7,9H,8H2,1-2H3. The third-order valence-electron chi connectivity index (χ3n) is 2.48. The van der Waals surface area contributed by atoms with Crippen molar-refractivity contribution in [1.82, 2.24) is 15.0 Å². The van der Waals surface area contributed by atoms with Crippen LogP contribution in [0.15, 0.2) is 30.6 Å². The van der Waals surface area contributed by atoms with E-state index in [1.165, 1.54) is 4.80 Å². The molecular formula is C12H14FN3O. The van der Waals surface area contributed by atoms with Crippen molar-refractivity contribution >= 4 is 0 Å². The first-order valence-corrected chi connectivity index (χ1v) is 5.41. The summed E-state index contributed by atoms with van der Waals surface area (Å²) < 4.78 is 17.0. The molecule has 0 radical (unpaired) electrons. The fourth-order valence-corrected chi connectivity index (χ4v) is 1.68. The van der Waals surface area contributed by atoms with Crippen LogP contribution in [-0.2, 0) is 0 Å². The molecule has 1 aromatic carbocycles. The number of alkyl halides is 1. The molecule has 0 atom stereocenters. The minimum Gasteiger partial charge on any atom is -0.463 e. The van der Waals surface area contributed by atoms with E-state index in [9.17, 15) is 4.39 Å². The number of nitrogens with zero attached hydrogens (tertiary/aromatic N) is 3. The van der Waals surface area contributed by atoms with E-state index in [2.05, 4.69) is 24.0 Å². The molecule has 17 heavy (non-hydrogen) atoms.